The van der Waals surface area contributed by atoms with Crippen molar-refractivity contribution in [2.24, 2.45) is 0 Å². The van der Waals surface area contributed by atoms with Crippen LogP contribution in [0, 0.1) is 0 Å². The zero-order valence-electron chi connectivity index (χ0n) is 11.5. The molecule has 0 aliphatic rings. The summed E-state index contributed by atoms with van der Waals surface area (Å²) in [5.74, 6) is 0. The number of rotatable bonds is 4. The van der Waals surface area contributed by atoms with Crippen molar-refractivity contribution in [3.05, 3.63) is 70.1 Å². The van der Waals surface area contributed by atoms with Gasteiger partial charge in [0.2, 0.25) is 0 Å². The van der Waals surface area contributed by atoms with Crippen molar-refractivity contribution < 1.29 is 13.2 Å². The van der Waals surface area contributed by atoms with Gasteiger partial charge in [0.25, 0.3) is 5.56 Å². The average molecular weight is 328 g/mol. The van der Waals surface area contributed by atoms with Crippen LogP contribution in [0.4, 0.5) is 13.2 Å². The Bertz CT molecular complexity index is 750. The van der Waals surface area contributed by atoms with Gasteiger partial charge in [0.05, 0.1) is 11.1 Å². The summed E-state index contributed by atoms with van der Waals surface area (Å²) in [7, 11) is 0. The van der Waals surface area contributed by atoms with Crippen LogP contribution >= 0.6 is 11.6 Å². The standard InChI is InChI=1S/C16H13ClF3NO/c1-2-3-9-21-10-8-12(16(18,19)20)14(15(21)22)11-6-4-5-7-13(11)17/h2,4-8,10H,1,3,9H2. The normalized spacial score (nSPS) is 11.5. The fraction of sp³-hybridized carbons (Fsp3) is 0.188. The Morgan fingerprint density at radius 2 is 1.91 bits per heavy atom. The Balaban J connectivity index is 2.74. The molecule has 1 heterocycles. The molecule has 0 saturated heterocycles. The fourth-order valence-electron chi connectivity index (χ4n) is 2.14. The zero-order chi connectivity index (χ0) is 16.3. The van der Waals surface area contributed by atoms with Gasteiger partial charge in [-0.05, 0) is 18.6 Å². The summed E-state index contributed by atoms with van der Waals surface area (Å²) in [6, 6.07) is 6.91. The van der Waals surface area contributed by atoms with Gasteiger partial charge in [0.15, 0.2) is 0 Å². The molecule has 22 heavy (non-hydrogen) atoms. The summed E-state index contributed by atoms with van der Waals surface area (Å²) in [4.78, 5) is 12.5. The molecule has 0 unspecified atom stereocenters. The second kappa shape index (κ2) is 6.40. The van der Waals surface area contributed by atoms with Crippen molar-refractivity contribution in [1.82, 2.24) is 4.57 Å². The molecule has 0 N–H and O–H groups in total. The Morgan fingerprint density at radius 1 is 1.23 bits per heavy atom. The minimum absolute atomic E-state index is 0.0782. The molecule has 0 radical (unpaired) electrons. The topological polar surface area (TPSA) is 22.0 Å². The van der Waals surface area contributed by atoms with Crippen LogP contribution in [-0.2, 0) is 12.7 Å². The molecule has 6 heteroatoms. The molecule has 0 aliphatic heterocycles. The molecule has 0 atom stereocenters. The highest BCUT2D eigenvalue weighted by Gasteiger charge is 2.35. The maximum Gasteiger partial charge on any atom is 0.417 e. The molecule has 0 aliphatic carbocycles. The lowest BCUT2D eigenvalue weighted by molar-refractivity contribution is -0.137. The van der Waals surface area contributed by atoms with Gasteiger partial charge in [-0.2, -0.15) is 13.2 Å². The summed E-state index contributed by atoms with van der Waals surface area (Å²) in [6.45, 7) is 3.80. The number of halogens is 4. The number of nitrogens with zero attached hydrogens (tertiary/aromatic N) is 1. The summed E-state index contributed by atoms with van der Waals surface area (Å²) in [6.07, 6.45) is -1.41. The van der Waals surface area contributed by atoms with E-state index >= 15 is 0 Å². The first kappa shape index (κ1) is 16.4. The van der Waals surface area contributed by atoms with Crippen molar-refractivity contribution in [3.63, 3.8) is 0 Å². The molecule has 1 aromatic carbocycles. The first-order valence-corrected chi connectivity index (χ1v) is 6.90. The lowest BCUT2D eigenvalue weighted by Crippen LogP contribution is -2.25. The van der Waals surface area contributed by atoms with Crippen molar-refractivity contribution in [3.8, 4) is 11.1 Å². The largest absolute Gasteiger partial charge is 0.417 e. The lowest BCUT2D eigenvalue weighted by Gasteiger charge is -2.15. The lowest BCUT2D eigenvalue weighted by atomic mass is 10.0. The Hall–Kier alpha value is -2.01. The fourth-order valence-corrected chi connectivity index (χ4v) is 2.37. The summed E-state index contributed by atoms with van der Waals surface area (Å²) < 4.78 is 40.9. The molecule has 0 amide bonds. The number of hydrogen-bond acceptors (Lipinski definition) is 1. The van der Waals surface area contributed by atoms with E-state index < -0.39 is 22.9 Å². The van der Waals surface area contributed by atoms with Gasteiger partial charge >= 0.3 is 6.18 Å². The Morgan fingerprint density at radius 3 is 2.50 bits per heavy atom. The maximum atomic E-state index is 13.2. The Labute approximate surface area is 130 Å². The van der Waals surface area contributed by atoms with E-state index in [1.54, 1.807) is 18.2 Å². The molecule has 0 saturated carbocycles. The first-order chi connectivity index (χ1) is 10.4. The van der Waals surface area contributed by atoms with Gasteiger partial charge < -0.3 is 4.57 Å². The Kier molecular flexibility index (Phi) is 4.76. The predicted octanol–water partition coefficient (Wildman–Crippen LogP) is 4.76. The molecule has 2 aromatic rings. The number of aromatic nitrogens is 1. The van der Waals surface area contributed by atoms with E-state index in [-0.39, 0.29) is 17.1 Å². The van der Waals surface area contributed by atoms with E-state index in [1.807, 2.05) is 0 Å². The van der Waals surface area contributed by atoms with E-state index in [4.69, 9.17) is 11.6 Å². The second-order valence-electron chi connectivity index (χ2n) is 4.66. The molecule has 2 rings (SSSR count). The summed E-state index contributed by atoms with van der Waals surface area (Å²) in [5.41, 5.74) is -2.05. The molecule has 0 spiro atoms. The number of allylic oxidation sites excluding steroid dienone is 1. The number of alkyl halides is 3. The van der Waals surface area contributed by atoms with E-state index in [0.717, 1.165) is 12.3 Å². The van der Waals surface area contributed by atoms with Crippen LogP contribution in [0.5, 0.6) is 0 Å². The number of hydrogen-bond donors (Lipinski definition) is 0. The van der Waals surface area contributed by atoms with Crippen LogP contribution in [0.3, 0.4) is 0 Å². The van der Waals surface area contributed by atoms with Crippen LogP contribution in [0.25, 0.3) is 11.1 Å². The third-order valence-electron chi connectivity index (χ3n) is 3.19. The van der Waals surface area contributed by atoms with Gasteiger partial charge in [0.1, 0.15) is 0 Å². The molecule has 0 fully saturated rings. The van der Waals surface area contributed by atoms with Crippen LogP contribution in [0.1, 0.15) is 12.0 Å². The van der Waals surface area contributed by atoms with E-state index in [9.17, 15) is 18.0 Å². The van der Waals surface area contributed by atoms with E-state index in [0.29, 0.717) is 6.42 Å². The van der Waals surface area contributed by atoms with Crippen molar-refractivity contribution in [1.29, 1.82) is 0 Å². The molecule has 116 valence electrons. The van der Waals surface area contributed by atoms with Gasteiger partial charge in [-0.3, -0.25) is 4.79 Å². The molecular formula is C16H13ClF3NO. The predicted molar refractivity (Wildman–Crippen MR) is 81.0 cm³/mol. The summed E-state index contributed by atoms with van der Waals surface area (Å²) in [5, 5.41) is 0.103. The monoisotopic (exact) mass is 327 g/mol. The quantitative estimate of drug-likeness (QED) is 0.742. The molecule has 2 nitrogen and oxygen atoms in total. The van der Waals surface area contributed by atoms with Gasteiger partial charge in [-0.1, -0.05) is 35.9 Å². The van der Waals surface area contributed by atoms with Gasteiger partial charge in [-0.25, -0.2) is 0 Å². The van der Waals surface area contributed by atoms with Crippen LogP contribution in [0.2, 0.25) is 5.02 Å². The van der Waals surface area contributed by atoms with Crippen LogP contribution in [0.15, 0.2) is 54.0 Å². The van der Waals surface area contributed by atoms with Crippen LogP contribution < -0.4 is 5.56 Å². The number of aryl methyl sites for hydroxylation is 1. The average Bonchev–Trinajstić information content (AvgIpc) is 2.45. The minimum atomic E-state index is -4.63. The molecular weight excluding hydrogens is 315 g/mol. The van der Waals surface area contributed by atoms with E-state index in [2.05, 4.69) is 6.58 Å². The molecule has 0 bridgehead atoms. The SMILES string of the molecule is C=CCCn1ccc(C(F)(F)F)c(-c2ccccc2Cl)c1=O. The van der Waals surface area contributed by atoms with Gasteiger partial charge in [0, 0.05) is 23.3 Å². The summed E-state index contributed by atoms with van der Waals surface area (Å²) >= 11 is 5.98. The van der Waals surface area contributed by atoms with E-state index in [1.165, 1.54) is 16.7 Å². The number of benzene rings is 1. The third kappa shape index (κ3) is 3.25. The van der Waals surface area contributed by atoms with Gasteiger partial charge in [-0.15, -0.1) is 6.58 Å². The highest BCUT2D eigenvalue weighted by atomic mass is 35.5. The zero-order valence-corrected chi connectivity index (χ0v) is 12.3. The van der Waals surface area contributed by atoms with Crippen molar-refractivity contribution in [2.45, 2.75) is 19.1 Å². The maximum absolute atomic E-state index is 13.2. The van der Waals surface area contributed by atoms with Crippen molar-refractivity contribution >= 4 is 11.6 Å². The highest BCUT2D eigenvalue weighted by Crippen LogP contribution is 2.37. The smallest absolute Gasteiger partial charge is 0.315 e. The van der Waals surface area contributed by atoms with Crippen molar-refractivity contribution in [2.75, 3.05) is 0 Å². The minimum Gasteiger partial charge on any atom is -0.315 e. The number of pyridine rings is 1. The highest BCUT2D eigenvalue weighted by molar-refractivity contribution is 6.33. The van der Waals surface area contributed by atoms with Crippen LogP contribution in [-0.4, -0.2) is 4.57 Å². The first-order valence-electron chi connectivity index (χ1n) is 6.52. The molecule has 1 aromatic heterocycles. The third-order valence-corrected chi connectivity index (χ3v) is 3.52. The second-order valence-corrected chi connectivity index (χ2v) is 5.07.